The van der Waals surface area contributed by atoms with Crippen LogP contribution in [0.15, 0.2) is 0 Å². The topological polar surface area (TPSA) is 38.3 Å². The van der Waals surface area contributed by atoms with Crippen molar-refractivity contribution in [3.63, 3.8) is 0 Å². The minimum atomic E-state index is -0.555. The molecule has 0 unspecified atom stereocenters. The summed E-state index contributed by atoms with van der Waals surface area (Å²) in [7, 11) is -0.555. The molecule has 2 rings (SSSR count). The van der Waals surface area contributed by atoms with Crippen molar-refractivity contribution in [1.29, 1.82) is 0 Å². The highest BCUT2D eigenvalue weighted by atomic mass is 32.2. The molecule has 4 heteroatoms. The van der Waals surface area contributed by atoms with Gasteiger partial charge in [-0.1, -0.05) is 0 Å². The van der Waals surface area contributed by atoms with E-state index in [-0.39, 0.29) is 0 Å². The minimum Gasteiger partial charge on any atom is -0.298 e. The van der Waals surface area contributed by atoms with Crippen LogP contribution < -0.4 is 5.48 Å². The Hall–Kier alpha value is 0.0700. The smallest absolute Gasteiger partial charge is 0.0792 e. The molecular weight excluding hydrogens is 174 g/mol. The summed E-state index contributed by atoms with van der Waals surface area (Å²) in [5, 5.41) is 0. The first-order chi connectivity index (χ1) is 5.84. The van der Waals surface area contributed by atoms with Gasteiger partial charge in [-0.25, -0.2) is 0 Å². The predicted molar refractivity (Wildman–Crippen MR) is 48.1 cm³/mol. The molecule has 2 fully saturated rings. The SMILES string of the molecule is O=S1CCC(NOC2CC2)CC1. The van der Waals surface area contributed by atoms with Crippen molar-refractivity contribution in [3.8, 4) is 0 Å². The van der Waals surface area contributed by atoms with Gasteiger partial charge in [-0.3, -0.25) is 9.05 Å². The molecule has 3 nitrogen and oxygen atoms in total. The number of rotatable bonds is 3. The van der Waals surface area contributed by atoms with Gasteiger partial charge >= 0.3 is 0 Å². The fourth-order valence-corrected chi connectivity index (χ4v) is 2.59. The van der Waals surface area contributed by atoms with Crippen LogP contribution in [0.25, 0.3) is 0 Å². The summed E-state index contributed by atoms with van der Waals surface area (Å²) in [6, 6.07) is 0.447. The monoisotopic (exact) mass is 189 g/mol. The number of hydrogen-bond donors (Lipinski definition) is 1. The highest BCUT2D eigenvalue weighted by molar-refractivity contribution is 7.85. The van der Waals surface area contributed by atoms with Crippen molar-refractivity contribution in [1.82, 2.24) is 5.48 Å². The Kier molecular flexibility index (Phi) is 2.78. The molecule has 0 aromatic rings. The zero-order valence-corrected chi connectivity index (χ0v) is 7.94. The Morgan fingerprint density at radius 3 is 2.42 bits per heavy atom. The first-order valence-electron chi connectivity index (χ1n) is 4.61. The summed E-state index contributed by atoms with van der Waals surface area (Å²) < 4.78 is 11.0. The zero-order valence-electron chi connectivity index (χ0n) is 7.12. The lowest BCUT2D eigenvalue weighted by atomic mass is 10.2. The minimum absolute atomic E-state index is 0.447. The average molecular weight is 189 g/mol. The van der Waals surface area contributed by atoms with E-state index in [1.807, 2.05) is 0 Å². The Balaban J connectivity index is 1.63. The molecule has 1 N–H and O–H groups in total. The molecule has 12 heavy (non-hydrogen) atoms. The molecule has 0 radical (unpaired) electrons. The van der Waals surface area contributed by atoms with Crippen LogP contribution >= 0.6 is 0 Å². The predicted octanol–water partition coefficient (Wildman–Crippen LogP) is 0.581. The second kappa shape index (κ2) is 3.85. The molecular formula is C8H15NO2S. The van der Waals surface area contributed by atoms with E-state index in [0.717, 1.165) is 24.3 Å². The molecule has 70 valence electrons. The molecule has 1 heterocycles. The van der Waals surface area contributed by atoms with Crippen molar-refractivity contribution in [2.45, 2.75) is 37.8 Å². The maximum Gasteiger partial charge on any atom is 0.0792 e. The normalized spacial score (nSPS) is 36.7. The van der Waals surface area contributed by atoms with Crippen molar-refractivity contribution in [2.24, 2.45) is 0 Å². The van der Waals surface area contributed by atoms with Crippen LogP contribution in [0, 0.1) is 0 Å². The third-order valence-corrected chi connectivity index (χ3v) is 3.70. The summed E-state index contributed by atoms with van der Waals surface area (Å²) in [6.07, 6.45) is 4.87. The van der Waals surface area contributed by atoms with Crippen LogP contribution in [0.1, 0.15) is 25.7 Å². The van der Waals surface area contributed by atoms with Crippen LogP contribution in [0.4, 0.5) is 0 Å². The second-order valence-corrected chi connectivity index (χ2v) is 5.25. The lowest BCUT2D eigenvalue weighted by Crippen LogP contribution is -2.36. The van der Waals surface area contributed by atoms with Crippen molar-refractivity contribution in [3.05, 3.63) is 0 Å². The van der Waals surface area contributed by atoms with Gasteiger partial charge in [-0.05, 0) is 25.7 Å². The van der Waals surface area contributed by atoms with E-state index in [4.69, 9.17) is 4.84 Å². The van der Waals surface area contributed by atoms with Crippen LogP contribution in [0.3, 0.4) is 0 Å². The van der Waals surface area contributed by atoms with Crippen LogP contribution in [-0.2, 0) is 15.6 Å². The molecule has 1 aliphatic heterocycles. The lowest BCUT2D eigenvalue weighted by molar-refractivity contribution is 0.00130. The summed E-state index contributed by atoms with van der Waals surface area (Å²) in [4.78, 5) is 5.38. The molecule has 0 amide bonds. The maximum atomic E-state index is 11.0. The Bertz CT molecular complexity index is 172. The third-order valence-electron chi connectivity index (χ3n) is 2.31. The molecule has 0 aromatic carbocycles. The van der Waals surface area contributed by atoms with Gasteiger partial charge < -0.3 is 0 Å². The van der Waals surface area contributed by atoms with E-state index < -0.39 is 10.8 Å². The number of hydrogen-bond acceptors (Lipinski definition) is 3. The first-order valence-corrected chi connectivity index (χ1v) is 6.09. The van der Waals surface area contributed by atoms with Gasteiger partial charge in [0.1, 0.15) is 0 Å². The Labute approximate surface area is 75.3 Å². The fourth-order valence-electron chi connectivity index (χ4n) is 1.29. The van der Waals surface area contributed by atoms with Crippen LogP contribution in [0.5, 0.6) is 0 Å². The zero-order chi connectivity index (χ0) is 8.39. The third kappa shape index (κ3) is 2.54. The molecule has 0 spiro atoms. The summed E-state index contributed by atoms with van der Waals surface area (Å²) >= 11 is 0. The number of hydroxylamine groups is 1. The lowest BCUT2D eigenvalue weighted by Gasteiger charge is -2.21. The Morgan fingerprint density at radius 2 is 1.83 bits per heavy atom. The van der Waals surface area contributed by atoms with Crippen LogP contribution in [-0.4, -0.2) is 27.9 Å². The van der Waals surface area contributed by atoms with Gasteiger partial charge in [0, 0.05) is 28.3 Å². The van der Waals surface area contributed by atoms with E-state index in [9.17, 15) is 4.21 Å². The first kappa shape index (κ1) is 8.66. The van der Waals surface area contributed by atoms with Crippen molar-refractivity contribution in [2.75, 3.05) is 11.5 Å². The van der Waals surface area contributed by atoms with E-state index in [1.165, 1.54) is 12.8 Å². The van der Waals surface area contributed by atoms with Gasteiger partial charge in [0.05, 0.1) is 6.10 Å². The molecule has 1 saturated heterocycles. The van der Waals surface area contributed by atoms with Gasteiger partial charge in [-0.2, -0.15) is 5.48 Å². The quantitative estimate of drug-likeness (QED) is 0.660. The standard InChI is InChI=1S/C8H15NO2S/c10-12-5-3-7(4-6-12)9-11-8-1-2-8/h7-9H,1-6H2. The van der Waals surface area contributed by atoms with Gasteiger partial charge in [0.25, 0.3) is 0 Å². The molecule has 1 aliphatic carbocycles. The van der Waals surface area contributed by atoms with Crippen molar-refractivity contribution < 1.29 is 9.05 Å². The van der Waals surface area contributed by atoms with Gasteiger partial charge in [0.15, 0.2) is 0 Å². The van der Waals surface area contributed by atoms with E-state index in [2.05, 4.69) is 5.48 Å². The molecule has 2 aliphatic rings. The van der Waals surface area contributed by atoms with Gasteiger partial charge in [-0.15, -0.1) is 0 Å². The fraction of sp³-hybridized carbons (Fsp3) is 1.00. The van der Waals surface area contributed by atoms with E-state index >= 15 is 0 Å². The maximum absolute atomic E-state index is 11.0. The largest absolute Gasteiger partial charge is 0.298 e. The molecule has 1 saturated carbocycles. The summed E-state index contributed by atoms with van der Waals surface area (Å²) in [5.41, 5.74) is 3.07. The van der Waals surface area contributed by atoms with Crippen LogP contribution in [0.2, 0.25) is 0 Å². The molecule has 0 aromatic heterocycles. The summed E-state index contributed by atoms with van der Waals surface area (Å²) in [6.45, 7) is 0. The Morgan fingerprint density at radius 1 is 1.17 bits per heavy atom. The van der Waals surface area contributed by atoms with E-state index in [0.29, 0.717) is 12.1 Å². The summed E-state index contributed by atoms with van der Waals surface area (Å²) in [5.74, 6) is 1.68. The molecule has 0 bridgehead atoms. The van der Waals surface area contributed by atoms with Crippen molar-refractivity contribution >= 4 is 10.8 Å². The van der Waals surface area contributed by atoms with Gasteiger partial charge in [0.2, 0.25) is 0 Å². The van der Waals surface area contributed by atoms with E-state index in [1.54, 1.807) is 0 Å². The second-order valence-electron chi connectivity index (χ2n) is 3.56. The number of nitrogens with one attached hydrogen (secondary N) is 1. The highest BCUT2D eigenvalue weighted by Gasteiger charge is 2.25. The molecule has 0 atom stereocenters. The average Bonchev–Trinajstić information content (AvgIpc) is 2.87. The highest BCUT2D eigenvalue weighted by Crippen LogP contribution is 2.22.